The maximum absolute atomic E-state index is 8.59. The minimum Gasteiger partial charge on any atom is -0.396 e. The lowest BCUT2D eigenvalue weighted by atomic mass is 10.1. The summed E-state index contributed by atoms with van der Waals surface area (Å²) in [5, 5.41) is 12.8. The smallest absolute Gasteiger partial charge is 0.0743 e. The Hall–Kier alpha value is -1.85. The number of pyridine rings is 1. The third kappa shape index (κ3) is 2.88. The minimum atomic E-state index is 0.0420. The second kappa shape index (κ2) is 6.18. The maximum atomic E-state index is 8.59. The Morgan fingerprint density at radius 2 is 2.11 bits per heavy atom. The van der Waals surface area contributed by atoms with Crippen LogP contribution in [0.5, 0.6) is 0 Å². The summed E-state index contributed by atoms with van der Waals surface area (Å²) < 4.78 is 5.19. The van der Waals surface area contributed by atoms with Crippen molar-refractivity contribution in [2.75, 3.05) is 37.4 Å². The molecule has 5 nitrogen and oxygen atoms in total. The number of fused-ring (bicyclic) bond motifs is 1. The van der Waals surface area contributed by atoms with Gasteiger partial charge in [-0.25, -0.2) is 0 Å². The molecule has 0 atom stereocenters. The number of aliphatic hydroxyl groups excluding tert-OH is 1. The predicted molar refractivity (Wildman–Crippen MR) is 72.5 cm³/mol. The van der Waals surface area contributed by atoms with Crippen molar-refractivity contribution >= 4 is 22.3 Å². The molecule has 0 bridgehead atoms. The second-order valence-electron chi connectivity index (χ2n) is 3.87. The van der Waals surface area contributed by atoms with E-state index in [4.69, 9.17) is 15.6 Å². The largest absolute Gasteiger partial charge is 0.396 e. The second-order valence-corrected chi connectivity index (χ2v) is 3.87. The summed E-state index contributed by atoms with van der Waals surface area (Å²) in [6, 6.07) is 7.83. The Bertz CT molecular complexity index is 517. The van der Waals surface area contributed by atoms with Crippen LogP contribution in [0.4, 0.5) is 11.4 Å². The van der Waals surface area contributed by atoms with Gasteiger partial charge in [-0.05, 0) is 6.07 Å². The van der Waals surface area contributed by atoms with Gasteiger partial charge in [0.25, 0.3) is 0 Å². The molecule has 0 aliphatic rings. The number of aromatic nitrogens is 1. The Labute approximate surface area is 106 Å². The highest BCUT2D eigenvalue weighted by Gasteiger charge is 2.05. The molecule has 1 aromatic carbocycles. The van der Waals surface area contributed by atoms with Crippen molar-refractivity contribution in [1.29, 1.82) is 0 Å². The molecular formula is C13H17N3O2. The molecule has 5 heteroatoms. The van der Waals surface area contributed by atoms with Gasteiger partial charge in [0.2, 0.25) is 0 Å². The number of anilines is 2. The number of benzene rings is 1. The Balaban J connectivity index is 2.09. The molecule has 0 aliphatic carbocycles. The third-order valence-electron chi connectivity index (χ3n) is 2.59. The normalized spacial score (nSPS) is 10.7. The number of nitrogen functional groups attached to an aromatic ring is 1. The van der Waals surface area contributed by atoms with E-state index in [0.29, 0.717) is 25.4 Å². The Morgan fingerprint density at radius 1 is 1.28 bits per heavy atom. The fourth-order valence-electron chi connectivity index (χ4n) is 1.77. The SMILES string of the molecule is Nc1cnc2ccccc2c1NCCOCCO. The third-order valence-corrected chi connectivity index (χ3v) is 2.59. The first-order valence-corrected chi connectivity index (χ1v) is 5.88. The summed E-state index contributed by atoms with van der Waals surface area (Å²) in [6.07, 6.45) is 1.65. The number of nitrogens with zero attached hydrogens (tertiary/aromatic N) is 1. The highest BCUT2D eigenvalue weighted by Crippen LogP contribution is 2.27. The molecule has 2 rings (SSSR count). The summed E-state index contributed by atoms with van der Waals surface area (Å²) in [7, 11) is 0. The number of aliphatic hydroxyl groups is 1. The lowest BCUT2D eigenvalue weighted by Crippen LogP contribution is -2.12. The van der Waals surface area contributed by atoms with Crippen LogP contribution in [0, 0.1) is 0 Å². The van der Waals surface area contributed by atoms with Crippen LogP contribution >= 0.6 is 0 Å². The van der Waals surface area contributed by atoms with Gasteiger partial charge in [0.1, 0.15) is 0 Å². The monoisotopic (exact) mass is 247 g/mol. The molecule has 2 aromatic rings. The number of para-hydroxylation sites is 1. The average molecular weight is 247 g/mol. The first kappa shape index (κ1) is 12.6. The molecule has 4 N–H and O–H groups in total. The highest BCUT2D eigenvalue weighted by atomic mass is 16.5. The summed E-state index contributed by atoms with van der Waals surface area (Å²) >= 11 is 0. The van der Waals surface area contributed by atoms with Gasteiger partial charge >= 0.3 is 0 Å². The van der Waals surface area contributed by atoms with Crippen LogP contribution in [0.3, 0.4) is 0 Å². The van der Waals surface area contributed by atoms with Crippen molar-refractivity contribution < 1.29 is 9.84 Å². The zero-order valence-corrected chi connectivity index (χ0v) is 10.1. The topological polar surface area (TPSA) is 80.4 Å². The van der Waals surface area contributed by atoms with E-state index in [1.54, 1.807) is 6.20 Å². The van der Waals surface area contributed by atoms with Crippen molar-refractivity contribution in [3.05, 3.63) is 30.5 Å². The standard InChI is InChI=1S/C13H17N3O2/c14-11-9-16-12-4-2-1-3-10(12)13(11)15-5-7-18-8-6-17/h1-4,9,17H,5-8,14H2,(H,15,16). The molecule has 0 fully saturated rings. The zero-order chi connectivity index (χ0) is 12.8. The number of hydrogen-bond acceptors (Lipinski definition) is 5. The van der Waals surface area contributed by atoms with Gasteiger partial charge in [-0.15, -0.1) is 0 Å². The average Bonchev–Trinajstić information content (AvgIpc) is 2.41. The van der Waals surface area contributed by atoms with E-state index < -0.39 is 0 Å². The van der Waals surface area contributed by atoms with Gasteiger partial charge in [-0.2, -0.15) is 0 Å². The molecule has 1 heterocycles. The van der Waals surface area contributed by atoms with Crippen LogP contribution in [0.15, 0.2) is 30.5 Å². The van der Waals surface area contributed by atoms with Crippen LogP contribution in [0.2, 0.25) is 0 Å². The van der Waals surface area contributed by atoms with E-state index in [1.165, 1.54) is 0 Å². The lowest BCUT2D eigenvalue weighted by molar-refractivity contribution is 0.0992. The van der Waals surface area contributed by atoms with Crippen molar-refractivity contribution in [3.63, 3.8) is 0 Å². The van der Waals surface area contributed by atoms with Crippen molar-refractivity contribution in [2.24, 2.45) is 0 Å². The van der Waals surface area contributed by atoms with E-state index >= 15 is 0 Å². The van der Waals surface area contributed by atoms with E-state index in [0.717, 1.165) is 16.6 Å². The number of rotatable bonds is 6. The summed E-state index contributed by atoms with van der Waals surface area (Å²) in [5.74, 6) is 0. The molecule has 0 saturated heterocycles. The molecule has 96 valence electrons. The predicted octanol–water partition coefficient (Wildman–Crippen LogP) is 1.24. The molecule has 0 spiro atoms. The van der Waals surface area contributed by atoms with Crippen molar-refractivity contribution in [2.45, 2.75) is 0 Å². The molecule has 0 radical (unpaired) electrons. The van der Waals surface area contributed by atoms with E-state index in [-0.39, 0.29) is 6.61 Å². The number of nitrogens with one attached hydrogen (secondary N) is 1. The molecule has 18 heavy (non-hydrogen) atoms. The fourth-order valence-corrected chi connectivity index (χ4v) is 1.77. The van der Waals surface area contributed by atoms with Crippen LogP contribution in [-0.4, -0.2) is 36.5 Å². The zero-order valence-electron chi connectivity index (χ0n) is 10.1. The van der Waals surface area contributed by atoms with E-state index in [1.807, 2.05) is 24.3 Å². The van der Waals surface area contributed by atoms with Gasteiger partial charge in [0.05, 0.1) is 42.9 Å². The first-order valence-electron chi connectivity index (χ1n) is 5.88. The summed E-state index contributed by atoms with van der Waals surface area (Å²) in [6.45, 7) is 1.56. The summed E-state index contributed by atoms with van der Waals surface area (Å²) in [5.41, 5.74) is 8.33. The van der Waals surface area contributed by atoms with Crippen molar-refractivity contribution in [3.8, 4) is 0 Å². The highest BCUT2D eigenvalue weighted by molar-refractivity contribution is 5.96. The number of hydrogen-bond donors (Lipinski definition) is 3. The van der Waals surface area contributed by atoms with Crippen molar-refractivity contribution in [1.82, 2.24) is 4.98 Å². The van der Waals surface area contributed by atoms with E-state index in [9.17, 15) is 0 Å². The van der Waals surface area contributed by atoms with E-state index in [2.05, 4.69) is 10.3 Å². The lowest BCUT2D eigenvalue weighted by Gasteiger charge is -2.12. The fraction of sp³-hybridized carbons (Fsp3) is 0.308. The van der Waals surface area contributed by atoms with Crippen LogP contribution in [0.25, 0.3) is 10.9 Å². The van der Waals surface area contributed by atoms with Crippen LogP contribution < -0.4 is 11.1 Å². The van der Waals surface area contributed by atoms with Gasteiger partial charge in [0, 0.05) is 11.9 Å². The van der Waals surface area contributed by atoms with Gasteiger partial charge < -0.3 is 20.9 Å². The quantitative estimate of drug-likeness (QED) is 0.669. The molecule has 0 aliphatic heterocycles. The molecule has 0 amide bonds. The Kier molecular flexibility index (Phi) is 4.33. The first-order chi connectivity index (χ1) is 8.83. The maximum Gasteiger partial charge on any atom is 0.0743 e. The molecular weight excluding hydrogens is 230 g/mol. The molecule has 1 aromatic heterocycles. The summed E-state index contributed by atoms with van der Waals surface area (Å²) in [4.78, 5) is 4.27. The number of ether oxygens (including phenoxy) is 1. The Morgan fingerprint density at radius 3 is 2.94 bits per heavy atom. The number of nitrogens with two attached hydrogens (primary N) is 1. The molecule has 0 saturated carbocycles. The van der Waals surface area contributed by atoms with Gasteiger partial charge in [-0.3, -0.25) is 4.98 Å². The minimum absolute atomic E-state index is 0.0420. The van der Waals surface area contributed by atoms with Crippen LogP contribution in [-0.2, 0) is 4.74 Å². The van der Waals surface area contributed by atoms with Crippen LogP contribution in [0.1, 0.15) is 0 Å². The van der Waals surface area contributed by atoms with Gasteiger partial charge in [-0.1, -0.05) is 18.2 Å². The van der Waals surface area contributed by atoms with Gasteiger partial charge in [0.15, 0.2) is 0 Å². The molecule has 0 unspecified atom stereocenters.